The van der Waals surface area contributed by atoms with Crippen LogP contribution in [-0.4, -0.2) is 78.9 Å². The molecule has 2 aliphatic heterocycles. The summed E-state index contributed by atoms with van der Waals surface area (Å²) in [5, 5.41) is 11.4. The largest absolute Gasteiger partial charge is 0.398 e. The molecule has 4 amide bonds. The Kier molecular flexibility index (Phi) is 15.0. The maximum atomic E-state index is 14.1. The molecule has 0 saturated carbocycles. The van der Waals surface area contributed by atoms with E-state index in [2.05, 4.69) is 61.0 Å². The van der Waals surface area contributed by atoms with Gasteiger partial charge in [-0.15, -0.1) is 0 Å². The van der Waals surface area contributed by atoms with Gasteiger partial charge >= 0.3 is 0 Å². The number of nitrogens with zero attached hydrogens (tertiary/aromatic N) is 1. The summed E-state index contributed by atoms with van der Waals surface area (Å²) in [6.07, 6.45) is 3.11. The van der Waals surface area contributed by atoms with Gasteiger partial charge in [0, 0.05) is 19.4 Å². The smallest absolute Gasteiger partial charge is 0.262 e. The van der Waals surface area contributed by atoms with Gasteiger partial charge in [0.15, 0.2) is 5.78 Å². The molecule has 2 heterocycles. The molecule has 3 aromatic rings. The molecule has 2 aliphatic rings. The number of unbranched alkanes of at least 4 members (excludes halogenated alkanes) is 2. The Labute approximate surface area is 354 Å². The Bertz CT molecular complexity index is 1900. The molecule has 3 N–H and O–H groups in total. The molecule has 5 rings (SSSR count). The molecular formula is C45H58Cl2N4O6Si. The standard InChI is InChI=1S/C45H58Cl2N4O6Si/c1-7-45(6)43(56)49-37(29-31-25-26-34(46)35(47)28-31)42(55)51-27-17-23-38(51)41(54)48-36(40(53)50-45)22-15-10-16-24-39(52)30(2)57-58(44(3,4)5,32-18-11-8-12-19-32)33-20-13-9-14-21-33/h8-9,11-14,18-21,25-26,28,30,36-38H,7,10,15-17,22-24,27,29H2,1-6H3,(H,48,54)(H,49,56)(H,50,53)/t30-,36-,37?,38+,45-/m0/s1. The molecule has 0 bridgehead atoms. The number of rotatable bonds is 14. The minimum Gasteiger partial charge on any atom is -0.398 e. The van der Waals surface area contributed by atoms with Crippen molar-refractivity contribution in [3.63, 3.8) is 0 Å². The van der Waals surface area contributed by atoms with Gasteiger partial charge in [-0.3, -0.25) is 24.0 Å². The van der Waals surface area contributed by atoms with Crippen molar-refractivity contribution in [1.82, 2.24) is 20.9 Å². The van der Waals surface area contributed by atoms with Crippen molar-refractivity contribution in [2.45, 2.75) is 134 Å². The summed E-state index contributed by atoms with van der Waals surface area (Å²) in [6, 6.07) is 22.8. The van der Waals surface area contributed by atoms with Crippen LogP contribution in [-0.2, 0) is 34.8 Å². The quantitative estimate of drug-likeness (QED) is 0.129. The van der Waals surface area contributed by atoms with Gasteiger partial charge in [-0.2, -0.15) is 0 Å². The zero-order chi connectivity index (χ0) is 42.3. The summed E-state index contributed by atoms with van der Waals surface area (Å²) in [7, 11) is -2.92. The summed E-state index contributed by atoms with van der Waals surface area (Å²) >= 11 is 12.4. The molecular weight excluding hydrogens is 792 g/mol. The second-order valence-electron chi connectivity index (χ2n) is 16.9. The van der Waals surface area contributed by atoms with Crippen molar-refractivity contribution in [2.75, 3.05) is 6.54 Å². The van der Waals surface area contributed by atoms with Crippen molar-refractivity contribution < 1.29 is 28.4 Å². The minimum atomic E-state index is -2.92. The molecule has 5 atom stereocenters. The second-order valence-corrected chi connectivity index (χ2v) is 22.0. The SMILES string of the molecule is CC[C@]1(C)NC(=O)[C@H](CCCCCC(=O)[C@H](C)O[Si](c2ccccc2)(c2ccccc2)C(C)(C)C)NC(=O)[C@H]2CCCN2C(=O)C(Cc2ccc(Cl)c(Cl)c2)NC1=O. The van der Waals surface area contributed by atoms with E-state index in [9.17, 15) is 24.0 Å². The number of amides is 4. The summed E-state index contributed by atoms with van der Waals surface area (Å²) in [5.74, 6) is -1.76. The molecule has 0 aromatic heterocycles. The molecule has 2 fully saturated rings. The third-order valence-corrected chi connectivity index (χ3v) is 17.6. The predicted molar refractivity (Wildman–Crippen MR) is 232 cm³/mol. The summed E-state index contributed by atoms with van der Waals surface area (Å²) < 4.78 is 7.03. The van der Waals surface area contributed by atoms with E-state index in [1.165, 1.54) is 4.90 Å². The lowest BCUT2D eigenvalue weighted by atomic mass is 9.94. The first-order chi connectivity index (χ1) is 27.5. The van der Waals surface area contributed by atoms with Gasteiger partial charge in [-0.05, 0) is 79.1 Å². The maximum absolute atomic E-state index is 14.1. The van der Waals surface area contributed by atoms with Gasteiger partial charge in [-0.25, -0.2) is 0 Å². The van der Waals surface area contributed by atoms with Crippen molar-refractivity contribution in [3.05, 3.63) is 94.5 Å². The van der Waals surface area contributed by atoms with Crippen LogP contribution in [0.4, 0.5) is 0 Å². The number of hydrogen-bond donors (Lipinski definition) is 3. The van der Waals surface area contributed by atoms with Crippen molar-refractivity contribution in [1.29, 1.82) is 0 Å². The van der Waals surface area contributed by atoms with E-state index in [4.69, 9.17) is 27.6 Å². The van der Waals surface area contributed by atoms with Crippen LogP contribution < -0.4 is 26.3 Å². The highest BCUT2D eigenvalue weighted by Gasteiger charge is 2.51. The fourth-order valence-corrected chi connectivity index (χ4v) is 13.2. The Morgan fingerprint density at radius 1 is 0.879 bits per heavy atom. The van der Waals surface area contributed by atoms with Gasteiger partial charge in [0.1, 0.15) is 29.8 Å². The number of ketones is 1. The molecule has 312 valence electrons. The molecule has 0 radical (unpaired) electrons. The van der Waals surface area contributed by atoms with Crippen LogP contribution in [0.15, 0.2) is 78.9 Å². The lowest BCUT2D eigenvalue weighted by Crippen LogP contribution is -2.68. The van der Waals surface area contributed by atoms with E-state index in [1.807, 2.05) is 43.3 Å². The lowest BCUT2D eigenvalue weighted by Gasteiger charge is -2.44. The van der Waals surface area contributed by atoms with E-state index in [0.717, 1.165) is 10.4 Å². The van der Waals surface area contributed by atoms with Crippen molar-refractivity contribution >= 4 is 71.3 Å². The Hall–Kier alpha value is -4.03. The number of Topliss-reactive ketones (excluding diaryl/α,β-unsaturated/α-hetero) is 1. The molecule has 10 nitrogen and oxygen atoms in total. The summed E-state index contributed by atoms with van der Waals surface area (Å²) in [5.41, 5.74) is -0.682. The number of nitrogens with one attached hydrogen (secondary N) is 3. The third-order valence-electron chi connectivity index (χ3n) is 11.7. The van der Waals surface area contributed by atoms with Crippen LogP contribution in [0.3, 0.4) is 0 Å². The number of halogens is 2. The van der Waals surface area contributed by atoms with E-state index in [0.29, 0.717) is 67.1 Å². The van der Waals surface area contributed by atoms with Crippen LogP contribution in [0.25, 0.3) is 0 Å². The predicted octanol–water partition coefficient (Wildman–Crippen LogP) is 6.28. The molecule has 3 aromatic carbocycles. The van der Waals surface area contributed by atoms with Gasteiger partial charge in [0.2, 0.25) is 23.6 Å². The van der Waals surface area contributed by atoms with Gasteiger partial charge in [0.25, 0.3) is 8.32 Å². The second kappa shape index (κ2) is 19.4. The van der Waals surface area contributed by atoms with Crippen molar-refractivity contribution in [3.8, 4) is 0 Å². The van der Waals surface area contributed by atoms with E-state index in [1.54, 1.807) is 32.0 Å². The van der Waals surface area contributed by atoms with Crippen LogP contribution >= 0.6 is 23.2 Å². The third kappa shape index (κ3) is 10.2. The first-order valence-corrected chi connectivity index (χ1v) is 23.2. The first-order valence-electron chi connectivity index (χ1n) is 20.5. The van der Waals surface area contributed by atoms with E-state index >= 15 is 0 Å². The molecule has 13 heteroatoms. The average Bonchev–Trinajstić information content (AvgIpc) is 3.70. The highest BCUT2D eigenvalue weighted by Crippen LogP contribution is 2.38. The van der Waals surface area contributed by atoms with Gasteiger partial charge in [0.05, 0.1) is 10.0 Å². The topological polar surface area (TPSA) is 134 Å². The molecule has 0 spiro atoms. The van der Waals surface area contributed by atoms with Gasteiger partial charge in [-0.1, -0.05) is 130 Å². The van der Waals surface area contributed by atoms with Gasteiger partial charge < -0.3 is 25.3 Å². The molecule has 1 unspecified atom stereocenters. The number of carbonyl (C=O) groups excluding carboxylic acids is 5. The minimum absolute atomic E-state index is 0.0122. The van der Waals surface area contributed by atoms with E-state index < -0.39 is 55.8 Å². The van der Waals surface area contributed by atoms with Crippen LogP contribution in [0.5, 0.6) is 0 Å². The molecule has 0 aliphatic carbocycles. The Morgan fingerprint density at radius 3 is 2.10 bits per heavy atom. The molecule has 58 heavy (non-hydrogen) atoms. The fourth-order valence-electron chi connectivity index (χ4n) is 8.17. The number of carbonyl (C=O) groups is 5. The number of benzene rings is 3. The normalized spacial score (nSPS) is 22.6. The summed E-state index contributed by atoms with van der Waals surface area (Å²) in [6.45, 7) is 12.1. The summed E-state index contributed by atoms with van der Waals surface area (Å²) in [4.78, 5) is 71.0. The fraction of sp³-hybridized carbons (Fsp3) is 0.489. The van der Waals surface area contributed by atoms with Crippen molar-refractivity contribution in [2.24, 2.45) is 0 Å². The van der Waals surface area contributed by atoms with E-state index in [-0.39, 0.29) is 29.6 Å². The highest BCUT2D eigenvalue weighted by atomic mass is 35.5. The zero-order valence-electron chi connectivity index (χ0n) is 34.5. The van der Waals surface area contributed by atoms with Crippen LogP contribution in [0.1, 0.15) is 98.5 Å². The lowest BCUT2D eigenvalue weighted by molar-refractivity contribution is -0.144. The Balaban J connectivity index is 1.25. The maximum Gasteiger partial charge on any atom is 0.262 e. The van der Waals surface area contributed by atoms with Crippen LogP contribution in [0, 0.1) is 0 Å². The average molecular weight is 850 g/mol. The number of fused-ring (bicyclic) bond motifs is 1. The molecule has 2 saturated heterocycles. The number of hydrogen-bond acceptors (Lipinski definition) is 6. The first kappa shape index (κ1) is 45.1. The van der Waals surface area contributed by atoms with Crippen LogP contribution in [0.2, 0.25) is 15.1 Å². The zero-order valence-corrected chi connectivity index (χ0v) is 37.1. The Morgan fingerprint density at radius 2 is 1.52 bits per heavy atom. The monoisotopic (exact) mass is 848 g/mol. The highest BCUT2D eigenvalue weighted by molar-refractivity contribution is 6.99.